The third-order valence-electron chi connectivity index (χ3n) is 3.99. The Balaban J connectivity index is 1.56. The summed E-state index contributed by atoms with van der Waals surface area (Å²) in [4.78, 5) is 24.3. The number of nitrogens with zero attached hydrogens (tertiary/aromatic N) is 4. The summed E-state index contributed by atoms with van der Waals surface area (Å²) in [5, 5.41) is 11.5. The summed E-state index contributed by atoms with van der Waals surface area (Å²) in [5.74, 6) is 0.712. The molecule has 1 aromatic carbocycles. The molecule has 148 valence electrons. The van der Waals surface area contributed by atoms with Crippen molar-refractivity contribution in [1.82, 2.24) is 25.0 Å². The summed E-state index contributed by atoms with van der Waals surface area (Å²) < 4.78 is 21.0. The number of carbonyl (C=O) groups excluding carboxylic acids is 2. The molecular weight excluding hydrogens is 385 g/mol. The van der Waals surface area contributed by atoms with Crippen molar-refractivity contribution >= 4 is 23.7 Å². The molecule has 0 radical (unpaired) electrons. The number of thioether (sulfide) groups is 1. The van der Waals surface area contributed by atoms with E-state index in [0.29, 0.717) is 36.2 Å². The third-order valence-corrected chi connectivity index (χ3v) is 5.05. The summed E-state index contributed by atoms with van der Waals surface area (Å²) in [5.41, 5.74) is 0. The van der Waals surface area contributed by atoms with E-state index in [2.05, 4.69) is 22.1 Å². The van der Waals surface area contributed by atoms with Crippen molar-refractivity contribution < 1.29 is 18.7 Å². The van der Waals surface area contributed by atoms with Crippen LogP contribution >= 0.6 is 11.8 Å². The van der Waals surface area contributed by atoms with Gasteiger partial charge in [0.05, 0.1) is 6.54 Å². The van der Waals surface area contributed by atoms with Crippen molar-refractivity contribution in [2.45, 2.75) is 24.7 Å². The molecule has 1 aliphatic heterocycles. The Bertz CT molecular complexity index is 857. The zero-order valence-electron chi connectivity index (χ0n) is 15.1. The molecule has 0 aliphatic carbocycles. The molecule has 28 heavy (non-hydrogen) atoms. The molecule has 2 heterocycles. The van der Waals surface area contributed by atoms with Crippen LogP contribution in [0.4, 0.5) is 9.18 Å². The smallest absolute Gasteiger partial charge is 0.324 e. The molecule has 0 spiro atoms. The van der Waals surface area contributed by atoms with Crippen LogP contribution in [0.1, 0.15) is 12.2 Å². The second-order valence-electron chi connectivity index (χ2n) is 5.92. The van der Waals surface area contributed by atoms with Gasteiger partial charge in [0.25, 0.3) is 0 Å². The van der Waals surface area contributed by atoms with Gasteiger partial charge in [-0.15, -0.1) is 16.8 Å². The minimum atomic E-state index is -0.438. The number of allylic oxidation sites excluding steroid dienone is 1. The Hall–Kier alpha value is -2.88. The Kier molecular flexibility index (Phi) is 6.64. The summed E-state index contributed by atoms with van der Waals surface area (Å²) in [6, 6.07) is 5.82. The molecule has 8 nitrogen and oxygen atoms in total. The number of para-hydroxylation sites is 1. The summed E-state index contributed by atoms with van der Waals surface area (Å²) in [6.45, 7) is 4.72. The zero-order chi connectivity index (χ0) is 19.9. The van der Waals surface area contributed by atoms with Crippen molar-refractivity contribution in [3.05, 3.63) is 48.6 Å². The summed E-state index contributed by atoms with van der Waals surface area (Å²) >= 11 is 1.46. The topological polar surface area (TPSA) is 89.3 Å². The molecule has 1 aromatic heterocycles. The van der Waals surface area contributed by atoms with Crippen molar-refractivity contribution in [2.75, 3.05) is 18.8 Å². The predicted molar refractivity (Wildman–Crippen MR) is 101 cm³/mol. The van der Waals surface area contributed by atoms with E-state index in [-0.39, 0.29) is 30.8 Å². The van der Waals surface area contributed by atoms with Gasteiger partial charge < -0.3 is 10.1 Å². The van der Waals surface area contributed by atoms with E-state index in [1.807, 2.05) is 4.57 Å². The lowest BCUT2D eigenvalue weighted by molar-refractivity contribution is -0.124. The van der Waals surface area contributed by atoms with Crippen molar-refractivity contribution in [1.29, 1.82) is 0 Å². The van der Waals surface area contributed by atoms with Gasteiger partial charge >= 0.3 is 6.03 Å². The maximum absolute atomic E-state index is 13.7. The van der Waals surface area contributed by atoms with Gasteiger partial charge in [0.2, 0.25) is 5.91 Å². The number of nitrogens with one attached hydrogen (secondary N) is 1. The quantitative estimate of drug-likeness (QED) is 0.282. The average Bonchev–Trinajstić information content (AvgIpc) is 3.22. The number of hydrogen-bond donors (Lipinski definition) is 1. The number of amides is 3. The van der Waals surface area contributed by atoms with Crippen LogP contribution in [0.3, 0.4) is 0 Å². The predicted octanol–water partition coefficient (Wildman–Crippen LogP) is 2.22. The standard InChI is InChI=1S/C18H20FN5O3S/c1-2-8-23-15(12-27-14-7-4-3-6-13(14)19)21-22-18(23)28-10-5-9-24-16(25)11-20-17(24)26/h2-4,6-7H,1,5,8-12H2,(H,20,26). The van der Waals surface area contributed by atoms with E-state index in [4.69, 9.17) is 4.74 Å². The molecule has 0 bridgehead atoms. The Labute approximate surface area is 165 Å². The van der Waals surface area contributed by atoms with Gasteiger partial charge in [-0.25, -0.2) is 9.18 Å². The second kappa shape index (κ2) is 9.36. The molecule has 1 fully saturated rings. The maximum atomic E-state index is 13.7. The zero-order valence-corrected chi connectivity index (χ0v) is 16.0. The molecule has 2 aromatic rings. The SMILES string of the molecule is C=CCn1c(COc2ccccc2F)nnc1SCCCN1C(=O)CNC1=O. The fourth-order valence-corrected chi connectivity index (χ4v) is 3.51. The molecule has 3 rings (SSSR count). The number of halogens is 1. The average molecular weight is 405 g/mol. The number of hydrogen-bond acceptors (Lipinski definition) is 6. The highest BCUT2D eigenvalue weighted by Crippen LogP contribution is 2.21. The first-order valence-electron chi connectivity index (χ1n) is 8.71. The van der Waals surface area contributed by atoms with Gasteiger partial charge in [-0.3, -0.25) is 14.3 Å². The first-order chi connectivity index (χ1) is 13.6. The van der Waals surface area contributed by atoms with E-state index < -0.39 is 5.82 Å². The number of carbonyl (C=O) groups is 2. The third kappa shape index (κ3) is 4.69. The summed E-state index contributed by atoms with van der Waals surface area (Å²) in [6.07, 6.45) is 2.35. The normalized spacial score (nSPS) is 13.7. The highest BCUT2D eigenvalue weighted by molar-refractivity contribution is 7.99. The lowest BCUT2D eigenvalue weighted by atomic mass is 10.3. The van der Waals surface area contributed by atoms with E-state index >= 15 is 0 Å². The monoisotopic (exact) mass is 405 g/mol. The van der Waals surface area contributed by atoms with Crippen LogP contribution < -0.4 is 10.1 Å². The van der Waals surface area contributed by atoms with Gasteiger partial charge in [-0.05, 0) is 18.6 Å². The highest BCUT2D eigenvalue weighted by Gasteiger charge is 2.27. The lowest BCUT2D eigenvalue weighted by Crippen LogP contribution is -2.32. The lowest BCUT2D eigenvalue weighted by Gasteiger charge is -2.12. The van der Waals surface area contributed by atoms with Crippen LogP contribution in [0.15, 0.2) is 42.1 Å². The van der Waals surface area contributed by atoms with E-state index in [1.54, 1.807) is 24.3 Å². The fourth-order valence-electron chi connectivity index (χ4n) is 2.62. The molecule has 1 saturated heterocycles. The Morgan fingerprint density at radius 1 is 1.32 bits per heavy atom. The number of urea groups is 1. The number of imide groups is 1. The van der Waals surface area contributed by atoms with Crippen LogP contribution in [0, 0.1) is 5.82 Å². The van der Waals surface area contributed by atoms with Crippen molar-refractivity contribution in [3.8, 4) is 5.75 Å². The van der Waals surface area contributed by atoms with Gasteiger partial charge in [-0.1, -0.05) is 30.0 Å². The Morgan fingerprint density at radius 3 is 2.86 bits per heavy atom. The van der Waals surface area contributed by atoms with Crippen LogP contribution in [0.2, 0.25) is 0 Å². The molecule has 1 N–H and O–H groups in total. The van der Waals surface area contributed by atoms with Crippen LogP contribution in [0.5, 0.6) is 5.75 Å². The second-order valence-corrected chi connectivity index (χ2v) is 6.99. The number of ether oxygens (including phenoxy) is 1. The molecule has 0 unspecified atom stereocenters. The molecule has 3 amide bonds. The van der Waals surface area contributed by atoms with E-state index in [9.17, 15) is 14.0 Å². The van der Waals surface area contributed by atoms with Crippen LogP contribution in [-0.4, -0.2) is 50.4 Å². The highest BCUT2D eigenvalue weighted by atomic mass is 32.2. The minimum absolute atomic E-state index is 0.0605. The van der Waals surface area contributed by atoms with Gasteiger partial charge in [0.1, 0.15) is 6.61 Å². The summed E-state index contributed by atoms with van der Waals surface area (Å²) in [7, 11) is 0. The first kappa shape index (κ1) is 19.9. The maximum Gasteiger partial charge on any atom is 0.324 e. The number of aromatic nitrogens is 3. The van der Waals surface area contributed by atoms with Crippen LogP contribution in [-0.2, 0) is 17.9 Å². The Morgan fingerprint density at radius 2 is 2.14 bits per heavy atom. The molecule has 10 heteroatoms. The fraction of sp³-hybridized carbons (Fsp3) is 0.333. The first-order valence-corrected chi connectivity index (χ1v) is 9.70. The van der Waals surface area contributed by atoms with Crippen LogP contribution in [0.25, 0.3) is 0 Å². The van der Waals surface area contributed by atoms with Gasteiger partial charge in [0, 0.05) is 18.8 Å². The molecular formula is C18H20FN5O3S. The molecule has 1 aliphatic rings. The molecule has 0 atom stereocenters. The van der Waals surface area contributed by atoms with Crippen molar-refractivity contribution in [3.63, 3.8) is 0 Å². The largest absolute Gasteiger partial charge is 0.483 e. The van der Waals surface area contributed by atoms with Crippen molar-refractivity contribution in [2.24, 2.45) is 0 Å². The van der Waals surface area contributed by atoms with E-state index in [0.717, 1.165) is 0 Å². The van der Waals surface area contributed by atoms with E-state index in [1.165, 1.54) is 22.7 Å². The molecule has 0 saturated carbocycles. The van der Waals surface area contributed by atoms with Gasteiger partial charge in [0.15, 0.2) is 22.5 Å². The van der Waals surface area contributed by atoms with Gasteiger partial charge in [-0.2, -0.15) is 0 Å². The minimum Gasteiger partial charge on any atom is -0.483 e. The number of rotatable bonds is 10. The number of benzene rings is 1.